The number of nitrogen functional groups attached to an aromatic ring is 1. The van der Waals surface area contributed by atoms with E-state index < -0.39 is 0 Å². The topological polar surface area (TPSA) is 50.9 Å². The first-order valence-electron chi connectivity index (χ1n) is 6.93. The normalized spacial score (nSPS) is 12.2. The van der Waals surface area contributed by atoms with E-state index in [1.54, 1.807) is 6.20 Å². The molecule has 1 unspecified atom stereocenters. The van der Waals surface area contributed by atoms with Gasteiger partial charge in [0.05, 0.1) is 0 Å². The highest BCUT2D eigenvalue weighted by Gasteiger charge is 2.14. The molecule has 20 heavy (non-hydrogen) atoms. The zero-order valence-corrected chi connectivity index (χ0v) is 12.6. The second-order valence-electron chi connectivity index (χ2n) is 4.61. The lowest BCUT2D eigenvalue weighted by atomic mass is 10.1. The number of hydrogen-bond donors (Lipinski definition) is 2. The minimum Gasteiger partial charge on any atom is -0.383 e. The van der Waals surface area contributed by atoms with Gasteiger partial charge in [-0.05, 0) is 31.2 Å². The van der Waals surface area contributed by atoms with Crippen LogP contribution in [0.3, 0.4) is 0 Å². The number of benzene rings is 1. The number of aromatic nitrogens is 1. The zero-order valence-electron chi connectivity index (χ0n) is 11.8. The highest BCUT2D eigenvalue weighted by molar-refractivity contribution is 7.99. The molecule has 0 saturated carbocycles. The van der Waals surface area contributed by atoms with Crippen molar-refractivity contribution in [3.8, 4) is 0 Å². The molecule has 2 rings (SSSR count). The average molecular weight is 287 g/mol. The standard InChI is InChI=1S/C16H21N3S/c1-2-10-18-15(14-9-6-11-19-16(14)17)12-20-13-7-4-3-5-8-13/h3-9,11,15,18H,2,10,12H2,1H3,(H2,17,19). The summed E-state index contributed by atoms with van der Waals surface area (Å²) in [5.74, 6) is 1.56. The summed E-state index contributed by atoms with van der Waals surface area (Å²) in [6.45, 7) is 3.15. The smallest absolute Gasteiger partial charge is 0.128 e. The van der Waals surface area contributed by atoms with Crippen molar-refractivity contribution in [3.63, 3.8) is 0 Å². The molecule has 0 aliphatic carbocycles. The lowest BCUT2D eigenvalue weighted by Gasteiger charge is -2.19. The Bertz CT molecular complexity index is 516. The Balaban J connectivity index is 2.06. The third kappa shape index (κ3) is 4.25. The number of anilines is 1. The number of hydrogen-bond acceptors (Lipinski definition) is 4. The van der Waals surface area contributed by atoms with E-state index in [1.807, 2.05) is 23.9 Å². The quantitative estimate of drug-likeness (QED) is 0.765. The molecular weight excluding hydrogens is 266 g/mol. The molecule has 1 heterocycles. The van der Waals surface area contributed by atoms with Crippen molar-refractivity contribution in [2.45, 2.75) is 24.3 Å². The van der Waals surface area contributed by atoms with E-state index in [9.17, 15) is 0 Å². The molecule has 3 N–H and O–H groups in total. The van der Waals surface area contributed by atoms with Crippen LogP contribution in [0.4, 0.5) is 5.82 Å². The fraction of sp³-hybridized carbons (Fsp3) is 0.312. The Labute approximate surface area is 125 Å². The Hall–Kier alpha value is -1.52. The fourth-order valence-electron chi connectivity index (χ4n) is 2.00. The Kier molecular flexibility index (Phi) is 5.89. The van der Waals surface area contributed by atoms with Gasteiger partial charge in [0.25, 0.3) is 0 Å². The van der Waals surface area contributed by atoms with Gasteiger partial charge in [0.2, 0.25) is 0 Å². The van der Waals surface area contributed by atoms with Crippen LogP contribution in [0.15, 0.2) is 53.6 Å². The van der Waals surface area contributed by atoms with Gasteiger partial charge in [-0.15, -0.1) is 11.8 Å². The van der Waals surface area contributed by atoms with Crippen molar-refractivity contribution in [1.82, 2.24) is 10.3 Å². The summed E-state index contributed by atoms with van der Waals surface area (Å²) in [4.78, 5) is 5.47. The van der Waals surface area contributed by atoms with Crippen molar-refractivity contribution in [2.24, 2.45) is 0 Å². The number of pyridine rings is 1. The van der Waals surface area contributed by atoms with Crippen LogP contribution in [0, 0.1) is 0 Å². The summed E-state index contributed by atoms with van der Waals surface area (Å²) in [6.07, 6.45) is 2.84. The van der Waals surface area contributed by atoms with E-state index >= 15 is 0 Å². The monoisotopic (exact) mass is 287 g/mol. The molecule has 0 bridgehead atoms. The minimum absolute atomic E-state index is 0.230. The van der Waals surface area contributed by atoms with Crippen LogP contribution in [0.25, 0.3) is 0 Å². The molecule has 3 nitrogen and oxygen atoms in total. The van der Waals surface area contributed by atoms with Crippen molar-refractivity contribution in [3.05, 3.63) is 54.2 Å². The maximum atomic E-state index is 6.00. The van der Waals surface area contributed by atoms with Crippen LogP contribution < -0.4 is 11.1 Å². The second kappa shape index (κ2) is 7.92. The number of nitrogens with one attached hydrogen (secondary N) is 1. The van der Waals surface area contributed by atoms with Gasteiger partial charge in [0, 0.05) is 28.5 Å². The van der Waals surface area contributed by atoms with Gasteiger partial charge in [0.1, 0.15) is 5.82 Å². The average Bonchev–Trinajstić information content (AvgIpc) is 2.49. The van der Waals surface area contributed by atoms with Crippen LogP contribution in [0.5, 0.6) is 0 Å². The molecule has 0 spiro atoms. The molecule has 106 valence electrons. The molecule has 1 aromatic heterocycles. The molecule has 0 radical (unpaired) electrons. The van der Waals surface area contributed by atoms with E-state index in [1.165, 1.54) is 4.90 Å². The summed E-state index contributed by atoms with van der Waals surface area (Å²) in [6, 6.07) is 14.7. The van der Waals surface area contributed by atoms with E-state index in [2.05, 4.69) is 47.6 Å². The van der Waals surface area contributed by atoms with Gasteiger partial charge in [-0.3, -0.25) is 0 Å². The van der Waals surface area contributed by atoms with Crippen molar-refractivity contribution in [2.75, 3.05) is 18.0 Å². The molecule has 0 fully saturated rings. The number of thioether (sulfide) groups is 1. The molecule has 1 aromatic carbocycles. The molecule has 0 amide bonds. The minimum atomic E-state index is 0.230. The van der Waals surface area contributed by atoms with Gasteiger partial charge >= 0.3 is 0 Å². The third-order valence-electron chi connectivity index (χ3n) is 3.05. The lowest BCUT2D eigenvalue weighted by Crippen LogP contribution is -2.25. The first-order valence-corrected chi connectivity index (χ1v) is 7.91. The summed E-state index contributed by atoms with van der Waals surface area (Å²) < 4.78 is 0. The third-order valence-corrected chi connectivity index (χ3v) is 4.15. The number of rotatable bonds is 7. The van der Waals surface area contributed by atoms with E-state index in [0.29, 0.717) is 5.82 Å². The van der Waals surface area contributed by atoms with Gasteiger partial charge in [-0.25, -0.2) is 4.98 Å². The molecule has 1 atom stereocenters. The molecule has 0 saturated heterocycles. The van der Waals surface area contributed by atoms with Gasteiger partial charge < -0.3 is 11.1 Å². The Morgan fingerprint density at radius 2 is 2.00 bits per heavy atom. The molecule has 2 aromatic rings. The van der Waals surface area contributed by atoms with Crippen LogP contribution in [0.1, 0.15) is 24.9 Å². The fourth-order valence-corrected chi connectivity index (χ4v) is 3.00. The van der Waals surface area contributed by atoms with E-state index in [0.717, 1.165) is 24.3 Å². The highest BCUT2D eigenvalue weighted by atomic mass is 32.2. The molecule has 0 aliphatic rings. The van der Waals surface area contributed by atoms with Gasteiger partial charge in [-0.2, -0.15) is 0 Å². The van der Waals surface area contributed by atoms with Crippen molar-refractivity contribution < 1.29 is 0 Å². The molecular formula is C16H21N3S. The first-order chi connectivity index (χ1) is 9.81. The molecule has 0 aliphatic heterocycles. The Morgan fingerprint density at radius 1 is 1.20 bits per heavy atom. The summed E-state index contributed by atoms with van der Waals surface area (Å²) in [5.41, 5.74) is 7.09. The van der Waals surface area contributed by atoms with Crippen LogP contribution >= 0.6 is 11.8 Å². The van der Waals surface area contributed by atoms with Gasteiger partial charge in [0.15, 0.2) is 0 Å². The summed E-state index contributed by atoms with van der Waals surface area (Å²) >= 11 is 1.84. The summed E-state index contributed by atoms with van der Waals surface area (Å²) in [7, 11) is 0. The lowest BCUT2D eigenvalue weighted by molar-refractivity contribution is 0.577. The van der Waals surface area contributed by atoms with Crippen LogP contribution in [0.2, 0.25) is 0 Å². The van der Waals surface area contributed by atoms with Crippen LogP contribution in [-0.4, -0.2) is 17.3 Å². The predicted octanol–water partition coefficient (Wildman–Crippen LogP) is 3.50. The van der Waals surface area contributed by atoms with E-state index in [-0.39, 0.29) is 6.04 Å². The maximum absolute atomic E-state index is 6.00. The number of nitrogens with two attached hydrogens (primary N) is 1. The first kappa shape index (κ1) is 14.9. The predicted molar refractivity (Wildman–Crippen MR) is 86.9 cm³/mol. The second-order valence-corrected chi connectivity index (χ2v) is 5.70. The van der Waals surface area contributed by atoms with Gasteiger partial charge in [-0.1, -0.05) is 31.2 Å². The zero-order chi connectivity index (χ0) is 14.2. The summed E-state index contributed by atoms with van der Waals surface area (Å²) in [5, 5.41) is 3.56. The molecule has 4 heteroatoms. The number of nitrogens with zero attached hydrogens (tertiary/aromatic N) is 1. The van der Waals surface area contributed by atoms with Crippen molar-refractivity contribution in [1.29, 1.82) is 0 Å². The largest absolute Gasteiger partial charge is 0.383 e. The van der Waals surface area contributed by atoms with Crippen LogP contribution in [-0.2, 0) is 0 Å². The van der Waals surface area contributed by atoms with Crippen molar-refractivity contribution >= 4 is 17.6 Å². The highest BCUT2D eigenvalue weighted by Crippen LogP contribution is 2.26. The SMILES string of the molecule is CCCNC(CSc1ccccc1)c1cccnc1N. The Morgan fingerprint density at radius 3 is 2.70 bits per heavy atom. The van der Waals surface area contributed by atoms with E-state index in [4.69, 9.17) is 5.73 Å². The maximum Gasteiger partial charge on any atom is 0.128 e.